The number of hydrogen-bond acceptors (Lipinski definition) is 3. The minimum Gasteiger partial charge on any atom is -0.457 e. The number of para-hydroxylation sites is 1. The van der Waals surface area contributed by atoms with E-state index in [1.807, 2.05) is 6.07 Å². The molecule has 1 saturated heterocycles. The number of hydrogen-bond donors (Lipinski definition) is 0. The first-order valence-corrected chi connectivity index (χ1v) is 9.41. The Hall–Kier alpha value is -1.88. The van der Waals surface area contributed by atoms with Crippen LogP contribution in [-0.4, -0.2) is 31.2 Å². The molecule has 2 heterocycles. The Kier molecular flexibility index (Phi) is 3.77. The Balaban J connectivity index is 1.76. The van der Waals surface area contributed by atoms with Crippen molar-refractivity contribution in [2.24, 2.45) is 0 Å². The van der Waals surface area contributed by atoms with Crippen LogP contribution in [0.25, 0.3) is 10.8 Å². The fraction of sp³-hybridized carbons (Fsp3) is 0.238. The van der Waals surface area contributed by atoms with E-state index in [0.29, 0.717) is 0 Å². The molecule has 0 saturated carbocycles. The molecule has 1 fully saturated rings. The summed E-state index contributed by atoms with van der Waals surface area (Å²) in [7, 11) is 0. The predicted molar refractivity (Wildman–Crippen MR) is 102 cm³/mol. The highest BCUT2D eigenvalue weighted by molar-refractivity contribution is 9.10. The van der Waals surface area contributed by atoms with E-state index in [2.05, 4.69) is 69.4 Å². The van der Waals surface area contributed by atoms with E-state index < -0.39 is 0 Å². The van der Waals surface area contributed by atoms with Gasteiger partial charge in [-0.2, -0.15) is 0 Å². The number of morpholine rings is 1. The maximum atomic E-state index is 6.27. The van der Waals surface area contributed by atoms with Crippen molar-refractivity contribution >= 4 is 26.7 Å². The van der Waals surface area contributed by atoms with Crippen molar-refractivity contribution in [1.29, 1.82) is 0 Å². The first-order valence-electron chi connectivity index (χ1n) is 8.62. The molecule has 0 aromatic heterocycles. The van der Waals surface area contributed by atoms with Crippen LogP contribution in [0.1, 0.15) is 17.2 Å². The Labute approximate surface area is 155 Å². The van der Waals surface area contributed by atoms with Gasteiger partial charge in [0.1, 0.15) is 11.5 Å². The second-order valence-corrected chi connectivity index (χ2v) is 7.45. The molecular weight excluding hydrogens is 378 g/mol. The maximum Gasteiger partial charge on any atom is 0.133 e. The number of rotatable bonds is 1. The number of benzene rings is 3. The van der Waals surface area contributed by atoms with Gasteiger partial charge in [-0.1, -0.05) is 46.3 Å². The number of halogens is 1. The number of nitrogens with zero attached hydrogens (tertiary/aromatic N) is 1. The molecule has 0 radical (unpaired) electrons. The van der Waals surface area contributed by atoms with Crippen molar-refractivity contribution < 1.29 is 9.47 Å². The highest BCUT2D eigenvalue weighted by atomic mass is 79.9. The Morgan fingerprint density at radius 1 is 0.920 bits per heavy atom. The summed E-state index contributed by atoms with van der Waals surface area (Å²) in [6.07, 6.45) is 0. The van der Waals surface area contributed by atoms with Crippen LogP contribution < -0.4 is 4.74 Å². The van der Waals surface area contributed by atoms with Gasteiger partial charge in [-0.25, -0.2) is 0 Å². The van der Waals surface area contributed by atoms with Crippen LogP contribution in [0.2, 0.25) is 0 Å². The molecule has 0 aliphatic carbocycles. The normalized spacial score (nSPS) is 20.0. The van der Waals surface area contributed by atoms with E-state index in [4.69, 9.17) is 9.47 Å². The topological polar surface area (TPSA) is 21.7 Å². The summed E-state index contributed by atoms with van der Waals surface area (Å²) in [6.45, 7) is 3.44. The van der Waals surface area contributed by atoms with Crippen LogP contribution in [0.5, 0.6) is 11.5 Å². The third-order valence-electron chi connectivity index (χ3n) is 5.10. The van der Waals surface area contributed by atoms with Gasteiger partial charge in [0.25, 0.3) is 0 Å². The van der Waals surface area contributed by atoms with Gasteiger partial charge < -0.3 is 9.47 Å². The largest absolute Gasteiger partial charge is 0.457 e. The standard InChI is InChI=1S/C21H18BrNO2/c22-15-6-7-16-14(13-15)5-8-19-20(16)21(23-9-11-24-12-10-23)17-3-1-2-4-18(17)25-19/h1-8,13,21H,9-12H2. The highest BCUT2D eigenvalue weighted by Gasteiger charge is 2.33. The molecule has 1 unspecified atom stereocenters. The van der Waals surface area contributed by atoms with Crippen LogP contribution in [0.4, 0.5) is 0 Å². The molecule has 3 nitrogen and oxygen atoms in total. The summed E-state index contributed by atoms with van der Waals surface area (Å²) in [5.41, 5.74) is 2.51. The van der Waals surface area contributed by atoms with Crippen molar-refractivity contribution in [3.8, 4) is 11.5 Å². The molecule has 2 aliphatic rings. The van der Waals surface area contributed by atoms with Crippen LogP contribution in [-0.2, 0) is 4.74 Å². The lowest BCUT2D eigenvalue weighted by atomic mass is 9.89. The van der Waals surface area contributed by atoms with E-state index in [1.165, 1.54) is 21.9 Å². The lowest BCUT2D eigenvalue weighted by Crippen LogP contribution is -2.40. The van der Waals surface area contributed by atoms with Crippen molar-refractivity contribution in [1.82, 2.24) is 4.90 Å². The van der Waals surface area contributed by atoms with Gasteiger partial charge in [0.2, 0.25) is 0 Å². The summed E-state index contributed by atoms with van der Waals surface area (Å²) < 4.78 is 13.0. The molecule has 0 N–H and O–H groups in total. The monoisotopic (exact) mass is 395 g/mol. The SMILES string of the molecule is Brc1ccc2c3c(ccc2c1)Oc1ccccc1C3N1CCOCC1. The first-order chi connectivity index (χ1) is 12.3. The fourth-order valence-corrected chi connectivity index (χ4v) is 4.34. The minimum absolute atomic E-state index is 0.203. The van der Waals surface area contributed by atoms with E-state index in [0.717, 1.165) is 42.3 Å². The summed E-state index contributed by atoms with van der Waals surface area (Å²) in [5.74, 6) is 1.92. The Bertz CT molecular complexity index is 950. The summed E-state index contributed by atoms with van der Waals surface area (Å²) >= 11 is 3.59. The zero-order valence-electron chi connectivity index (χ0n) is 13.7. The molecule has 0 amide bonds. The second-order valence-electron chi connectivity index (χ2n) is 6.53. The molecule has 126 valence electrons. The van der Waals surface area contributed by atoms with Gasteiger partial charge in [-0.05, 0) is 35.0 Å². The molecule has 3 aromatic rings. The predicted octanol–water partition coefficient (Wildman–Crippen LogP) is 5.13. The highest BCUT2D eigenvalue weighted by Crippen LogP contribution is 2.48. The van der Waals surface area contributed by atoms with Gasteiger partial charge in [0.15, 0.2) is 0 Å². The lowest BCUT2D eigenvalue weighted by Gasteiger charge is -2.39. The van der Waals surface area contributed by atoms with Gasteiger partial charge in [-0.15, -0.1) is 0 Å². The van der Waals surface area contributed by atoms with E-state index >= 15 is 0 Å². The molecule has 1 atom stereocenters. The van der Waals surface area contributed by atoms with Crippen molar-refractivity contribution in [2.75, 3.05) is 26.3 Å². The zero-order valence-corrected chi connectivity index (χ0v) is 15.3. The minimum atomic E-state index is 0.203. The smallest absolute Gasteiger partial charge is 0.133 e. The molecule has 4 heteroatoms. The molecular formula is C21H18BrNO2. The van der Waals surface area contributed by atoms with Crippen LogP contribution in [0, 0.1) is 0 Å². The Morgan fingerprint density at radius 3 is 2.64 bits per heavy atom. The quantitative estimate of drug-likeness (QED) is 0.569. The lowest BCUT2D eigenvalue weighted by molar-refractivity contribution is 0.0226. The fourth-order valence-electron chi connectivity index (χ4n) is 3.96. The van der Waals surface area contributed by atoms with Gasteiger partial charge >= 0.3 is 0 Å². The van der Waals surface area contributed by atoms with Gasteiger partial charge in [0, 0.05) is 28.7 Å². The van der Waals surface area contributed by atoms with Gasteiger partial charge in [0.05, 0.1) is 19.3 Å². The average molecular weight is 396 g/mol. The third-order valence-corrected chi connectivity index (χ3v) is 5.59. The zero-order chi connectivity index (χ0) is 16.8. The summed E-state index contributed by atoms with van der Waals surface area (Å²) in [4.78, 5) is 2.52. The van der Waals surface area contributed by atoms with Crippen molar-refractivity contribution in [3.05, 3.63) is 70.2 Å². The number of ether oxygens (including phenoxy) is 2. The van der Waals surface area contributed by atoms with Crippen LogP contribution in [0.15, 0.2) is 59.1 Å². The van der Waals surface area contributed by atoms with Gasteiger partial charge in [-0.3, -0.25) is 4.90 Å². The van der Waals surface area contributed by atoms with Crippen LogP contribution >= 0.6 is 15.9 Å². The van der Waals surface area contributed by atoms with Crippen LogP contribution in [0.3, 0.4) is 0 Å². The second kappa shape index (κ2) is 6.13. The van der Waals surface area contributed by atoms with E-state index in [1.54, 1.807) is 0 Å². The summed E-state index contributed by atoms with van der Waals surface area (Å²) in [6, 6.07) is 19.3. The molecule has 25 heavy (non-hydrogen) atoms. The summed E-state index contributed by atoms with van der Waals surface area (Å²) in [5, 5.41) is 2.49. The maximum absolute atomic E-state index is 6.27. The average Bonchev–Trinajstić information content (AvgIpc) is 2.66. The molecule has 0 spiro atoms. The number of fused-ring (bicyclic) bond motifs is 4. The van der Waals surface area contributed by atoms with Crippen molar-refractivity contribution in [3.63, 3.8) is 0 Å². The molecule has 5 rings (SSSR count). The van der Waals surface area contributed by atoms with E-state index in [-0.39, 0.29) is 6.04 Å². The van der Waals surface area contributed by atoms with Crippen molar-refractivity contribution in [2.45, 2.75) is 6.04 Å². The van der Waals surface area contributed by atoms with E-state index in [9.17, 15) is 0 Å². The Morgan fingerprint density at radius 2 is 1.76 bits per heavy atom. The first kappa shape index (κ1) is 15.4. The molecule has 0 bridgehead atoms. The third kappa shape index (κ3) is 2.56. The molecule has 3 aromatic carbocycles. The molecule has 2 aliphatic heterocycles.